The fourth-order valence-corrected chi connectivity index (χ4v) is 4.55. The molecule has 0 atom stereocenters. The van der Waals surface area contributed by atoms with Gasteiger partial charge in [-0.25, -0.2) is 12.8 Å². The molecule has 0 aliphatic heterocycles. The van der Waals surface area contributed by atoms with Crippen LogP contribution in [0.2, 0.25) is 0 Å². The van der Waals surface area contributed by atoms with Gasteiger partial charge in [0.1, 0.15) is 5.82 Å². The molecule has 164 valence electrons. The fraction of sp³-hybridized carbons (Fsp3) is 0.125. The van der Waals surface area contributed by atoms with Crippen molar-refractivity contribution in [3.63, 3.8) is 0 Å². The molecule has 0 saturated heterocycles. The molecule has 6 nitrogen and oxygen atoms in total. The SMILES string of the molecule is COc1cc2nccc(Cc3ccc(NS(=O)(=O)c4ccccc4)c(F)c3)c2cc1OC. The topological polar surface area (TPSA) is 77.5 Å². The van der Waals surface area contributed by atoms with Gasteiger partial charge in [-0.2, -0.15) is 0 Å². The van der Waals surface area contributed by atoms with Crippen molar-refractivity contribution in [2.24, 2.45) is 0 Å². The second kappa shape index (κ2) is 8.84. The van der Waals surface area contributed by atoms with E-state index in [1.165, 1.54) is 24.3 Å². The number of pyridine rings is 1. The van der Waals surface area contributed by atoms with Gasteiger partial charge in [0.15, 0.2) is 11.5 Å². The van der Waals surface area contributed by atoms with Gasteiger partial charge in [0.05, 0.1) is 30.3 Å². The summed E-state index contributed by atoms with van der Waals surface area (Å²) >= 11 is 0. The van der Waals surface area contributed by atoms with Crippen LogP contribution in [0.15, 0.2) is 77.8 Å². The lowest BCUT2D eigenvalue weighted by Crippen LogP contribution is -2.14. The van der Waals surface area contributed by atoms with E-state index in [4.69, 9.17) is 9.47 Å². The zero-order valence-corrected chi connectivity index (χ0v) is 18.3. The van der Waals surface area contributed by atoms with Crippen molar-refractivity contribution < 1.29 is 22.3 Å². The maximum absolute atomic E-state index is 14.8. The number of nitrogens with zero attached hydrogens (tertiary/aromatic N) is 1. The standard InChI is InChI=1S/C24H21FN2O4S/c1-30-23-14-19-17(10-11-26-22(19)15-24(23)31-2)12-16-8-9-21(20(25)13-16)27-32(28,29)18-6-4-3-5-7-18/h3-11,13-15,27H,12H2,1-2H3. The second-order valence-electron chi connectivity index (χ2n) is 7.10. The molecule has 0 aliphatic rings. The molecule has 0 bridgehead atoms. The number of benzene rings is 3. The van der Waals surface area contributed by atoms with Gasteiger partial charge in [-0.3, -0.25) is 9.71 Å². The molecule has 0 radical (unpaired) electrons. The minimum Gasteiger partial charge on any atom is -0.493 e. The number of methoxy groups -OCH3 is 2. The Morgan fingerprint density at radius 2 is 1.66 bits per heavy atom. The van der Waals surface area contributed by atoms with E-state index < -0.39 is 15.8 Å². The third-order valence-electron chi connectivity index (χ3n) is 5.06. The quantitative estimate of drug-likeness (QED) is 0.437. The Balaban J connectivity index is 1.62. The number of hydrogen-bond donors (Lipinski definition) is 1. The van der Waals surface area contributed by atoms with E-state index in [9.17, 15) is 12.8 Å². The van der Waals surface area contributed by atoms with Crippen LogP contribution in [0.25, 0.3) is 10.9 Å². The molecule has 4 aromatic rings. The smallest absolute Gasteiger partial charge is 0.261 e. The van der Waals surface area contributed by atoms with Gasteiger partial charge < -0.3 is 9.47 Å². The first-order chi connectivity index (χ1) is 15.4. The summed E-state index contributed by atoms with van der Waals surface area (Å²) in [4.78, 5) is 4.45. The zero-order valence-electron chi connectivity index (χ0n) is 17.5. The van der Waals surface area contributed by atoms with E-state index in [0.29, 0.717) is 23.5 Å². The molecule has 0 aliphatic carbocycles. The molecule has 0 saturated carbocycles. The predicted molar refractivity (Wildman–Crippen MR) is 121 cm³/mol. The molecule has 1 aromatic heterocycles. The van der Waals surface area contributed by atoms with E-state index in [1.807, 2.05) is 12.1 Å². The van der Waals surface area contributed by atoms with Crippen LogP contribution in [0.4, 0.5) is 10.1 Å². The number of anilines is 1. The number of aromatic nitrogens is 1. The van der Waals surface area contributed by atoms with Crippen molar-refractivity contribution >= 4 is 26.6 Å². The maximum Gasteiger partial charge on any atom is 0.261 e. The summed E-state index contributed by atoms with van der Waals surface area (Å²) in [6.07, 6.45) is 2.11. The first kappa shape index (κ1) is 21.6. The van der Waals surface area contributed by atoms with Crippen LogP contribution in [0.1, 0.15) is 11.1 Å². The van der Waals surface area contributed by atoms with E-state index in [-0.39, 0.29) is 10.6 Å². The lowest BCUT2D eigenvalue weighted by molar-refractivity contribution is 0.356. The number of sulfonamides is 1. The summed E-state index contributed by atoms with van der Waals surface area (Å²) < 4.78 is 52.7. The van der Waals surface area contributed by atoms with E-state index in [2.05, 4.69) is 9.71 Å². The van der Waals surface area contributed by atoms with Crippen molar-refractivity contribution in [1.82, 2.24) is 4.98 Å². The van der Waals surface area contributed by atoms with Crippen molar-refractivity contribution in [3.8, 4) is 11.5 Å². The highest BCUT2D eigenvalue weighted by Gasteiger charge is 2.16. The lowest BCUT2D eigenvalue weighted by Gasteiger charge is -2.13. The maximum atomic E-state index is 14.8. The summed E-state index contributed by atoms with van der Waals surface area (Å²) in [6.45, 7) is 0. The normalized spacial score (nSPS) is 11.3. The summed E-state index contributed by atoms with van der Waals surface area (Å²) in [7, 11) is -0.755. The first-order valence-corrected chi connectivity index (χ1v) is 11.3. The lowest BCUT2D eigenvalue weighted by atomic mass is 10.0. The van der Waals surface area contributed by atoms with Gasteiger partial charge in [0.2, 0.25) is 0 Å². The van der Waals surface area contributed by atoms with E-state index >= 15 is 0 Å². The molecule has 8 heteroatoms. The van der Waals surface area contributed by atoms with Gasteiger partial charge >= 0.3 is 0 Å². The third kappa shape index (κ3) is 4.36. The molecule has 32 heavy (non-hydrogen) atoms. The van der Waals surface area contributed by atoms with Crippen LogP contribution in [0.3, 0.4) is 0 Å². The Morgan fingerprint density at radius 3 is 2.34 bits per heavy atom. The third-order valence-corrected chi connectivity index (χ3v) is 6.44. The minimum atomic E-state index is -3.87. The van der Waals surface area contributed by atoms with Crippen LogP contribution in [-0.2, 0) is 16.4 Å². The van der Waals surface area contributed by atoms with Crippen LogP contribution < -0.4 is 14.2 Å². The van der Waals surface area contributed by atoms with Gasteiger partial charge in [-0.15, -0.1) is 0 Å². The van der Waals surface area contributed by atoms with Crippen molar-refractivity contribution in [1.29, 1.82) is 0 Å². The summed E-state index contributed by atoms with van der Waals surface area (Å²) in [5, 5.41) is 0.861. The van der Waals surface area contributed by atoms with Crippen LogP contribution in [0, 0.1) is 5.82 Å². The monoisotopic (exact) mass is 452 g/mol. The number of hydrogen-bond acceptors (Lipinski definition) is 5. The molecular formula is C24H21FN2O4S. The average Bonchev–Trinajstić information content (AvgIpc) is 2.80. The molecular weight excluding hydrogens is 431 g/mol. The molecule has 1 heterocycles. The van der Waals surface area contributed by atoms with E-state index in [0.717, 1.165) is 16.5 Å². The van der Waals surface area contributed by atoms with Crippen molar-refractivity contribution in [2.45, 2.75) is 11.3 Å². The van der Waals surface area contributed by atoms with Crippen LogP contribution in [0.5, 0.6) is 11.5 Å². The van der Waals surface area contributed by atoms with Gasteiger partial charge in [-0.1, -0.05) is 24.3 Å². The molecule has 0 spiro atoms. The van der Waals surface area contributed by atoms with Crippen LogP contribution >= 0.6 is 0 Å². The zero-order chi connectivity index (χ0) is 22.7. The molecule has 1 N–H and O–H groups in total. The summed E-state index contributed by atoms with van der Waals surface area (Å²) in [5.74, 6) is 0.497. The number of halogens is 1. The Morgan fingerprint density at radius 1 is 0.938 bits per heavy atom. The van der Waals surface area contributed by atoms with Gasteiger partial charge in [0.25, 0.3) is 10.0 Å². The molecule has 0 fully saturated rings. The highest BCUT2D eigenvalue weighted by atomic mass is 32.2. The fourth-order valence-electron chi connectivity index (χ4n) is 3.46. The number of rotatable bonds is 7. The minimum absolute atomic E-state index is 0.0658. The highest BCUT2D eigenvalue weighted by Crippen LogP contribution is 2.33. The van der Waals surface area contributed by atoms with Crippen molar-refractivity contribution in [3.05, 3.63) is 89.9 Å². The summed E-state index contributed by atoms with van der Waals surface area (Å²) in [5.41, 5.74) is 2.23. The van der Waals surface area contributed by atoms with E-state index in [1.54, 1.807) is 50.7 Å². The van der Waals surface area contributed by atoms with Crippen molar-refractivity contribution in [2.75, 3.05) is 18.9 Å². The first-order valence-electron chi connectivity index (χ1n) is 9.77. The van der Waals surface area contributed by atoms with Gasteiger partial charge in [0, 0.05) is 17.6 Å². The summed E-state index contributed by atoms with van der Waals surface area (Å²) in [6, 6.07) is 17.8. The number of ether oxygens (including phenoxy) is 2. The Hall–Kier alpha value is -3.65. The molecule has 3 aromatic carbocycles. The molecule has 4 rings (SSSR count). The van der Waals surface area contributed by atoms with Crippen LogP contribution in [-0.4, -0.2) is 27.6 Å². The molecule has 0 unspecified atom stereocenters. The number of nitrogens with one attached hydrogen (secondary N) is 1. The Labute approximate surface area is 185 Å². The average molecular weight is 453 g/mol. The second-order valence-corrected chi connectivity index (χ2v) is 8.79. The van der Waals surface area contributed by atoms with Gasteiger partial charge in [-0.05, 0) is 53.9 Å². The number of fused-ring (bicyclic) bond motifs is 1. The molecule has 0 amide bonds. The predicted octanol–water partition coefficient (Wildman–Crippen LogP) is 4.78. The highest BCUT2D eigenvalue weighted by molar-refractivity contribution is 7.92. The largest absolute Gasteiger partial charge is 0.493 e. The Bertz CT molecular complexity index is 1380. The Kier molecular flexibility index (Phi) is 5.96.